The van der Waals surface area contributed by atoms with E-state index in [0.717, 1.165) is 24.1 Å². The highest BCUT2D eigenvalue weighted by atomic mass is 79.9. The van der Waals surface area contributed by atoms with Crippen molar-refractivity contribution in [1.82, 2.24) is 9.88 Å². The molecule has 19 heavy (non-hydrogen) atoms. The summed E-state index contributed by atoms with van der Waals surface area (Å²) in [6, 6.07) is 3.60. The Kier molecular flexibility index (Phi) is 5.67. The Morgan fingerprint density at radius 1 is 1.63 bits per heavy atom. The minimum absolute atomic E-state index is 0.527. The van der Waals surface area contributed by atoms with Crippen LogP contribution in [0.5, 0.6) is 5.88 Å². The van der Waals surface area contributed by atoms with Gasteiger partial charge in [-0.2, -0.15) is 0 Å². The average molecular weight is 346 g/mol. The zero-order chi connectivity index (χ0) is 13.7. The van der Waals surface area contributed by atoms with Crippen molar-refractivity contribution in [3.8, 4) is 5.88 Å². The van der Waals surface area contributed by atoms with Crippen LogP contribution in [0.3, 0.4) is 0 Å². The van der Waals surface area contributed by atoms with Gasteiger partial charge in [0.05, 0.1) is 6.61 Å². The summed E-state index contributed by atoms with van der Waals surface area (Å²) < 4.78 is 6.76. The van der Waals surface area contributed by atoms with E-state index in [2.05, 4.69) is 32.4 Å². The molecule has 0 N–H and O–H groups in total. The number of aromatic nitrogens is 1. The van der Waals surface area contributed by atoms with Gasteiger partial charge in [-0.1, -0.05) is 34.1 Å². The first-order valence-electron chi connectivity index (χ1n) is 6.44. The van der Waals surface area contributed by atoms with E-state index in [0.29, 0.717) is 23.4 Å². The maximum atomic E-state index is 6.02. The molecule has 2 heterocycles. The van der Waals surface area contributed by atoms with Gasteiger partial charge in [0.1, 0.15) is 5.02 Å². The summed E-state index contributed by atoms with van der Waals surface area (Å²) in [5.41, 5.74) is 0. The van der Waals surface area contributed by atoms with E-state index in [9.17, 15) is 0 Å². The molecule has 0 aromatic carbocycles. The Balaban J connectivity index is 1.82. The molecular weight excluding hydrogens is 328 g/mol. The number of halogens is 2. The van der Waals surface area contributed by atoms with Gasteiger partial charge in [-0.25, -0.2) is 4.98 Å². The third-order valence-corrected chi connectivity index (χ3v) is 3.72. The molecule has 1 saturated heterocycles. The van der Waals surface area contributed by atoms with E-state index in [1.807, 2.05) is 0 Å². The second-order valence-electron chi connectivity index (χ2n) is 4.86. The van der Waals surface area contributed by atoms with Gasteiger partial charge >= 0.3 is 0 Å². The number of nitrogens with zero attached hydrogens (tertiary/aromatic N) is 2. The molecule has 1 aromatic heterocycles. The lowest BCUT2D eigenvalue weighted by molar-refractivity contribution is 0.137. The summed E-state index contributed by atoms with van der Waals surface area (Å²) in [5, 5.41) is 0.573. The van der Waals surface area contributed by atoms with Crippen molar-refractivity contribution in [1.29, 1.82) is 0 Å². The van der Waals surface area contributed by atoms with E-state index in [-0.39, 0.29) is 0 Å². The largest absolute Gasteiger partial charge is 0.476 e. The average Bonchev–Trinajstić information content (AvgIpc) is 2.37. The van der Waals surface area contributed by atoms with Crippen molar-refractivity contribution in [3.63, 3.8) is 0 Å². The predicted octanol–water partition coefficient (Wildman–Crippen LogP) is 3.73. The van der Waals surface area contributed by atoms with E-state index >= 15 is 0 Å². The van der Waals surface area contributed by atoms with Gasteiger partial charge < -0.3 is 4.74 Å². The lowest BCUT2D eigenvalue weighted by Gasteiger charge is -2.32. The van der Waals surface area contributed by atoms with Gasteiger partial charge in [0.2, 0.25) is 5.88 Å². The number of likely N-dealkylation sites (tertiary alicyclic amines) is 1. The normalized spacial score (nSPS) is 20.2. The first-order chi connectivity index (χ1) is 9.15. The molecule has 3 nitrogen and oxygen atoms in total. The Hall–Kier alpha value is -0.580. The van der Waals surface area contributed by atoms with Crippen LogP contribution in [0.15, 0.2) is 29.4 Å². The highest BCUT2D eigenvalue weighted by Gasteiger charge is 2.20. The maximum absolute atomic E-state index is 6.02. The molecule has 0 radical (unpaired) electrons. The van der Waals surface area contributed by atoms with Crippen molar-refractivity contribution in [2.75, 3.05) is 26.2 Å². The van der Waals surface area contributed by atoms with Crippen LogP contribution in [-0.2, 0) is 0 Å². The molecule has 0 spiro atoms. The van der Waals surface area contributed by atoms with Gasteiger partial charge in [-0.05, 0) is 31.5 Å². The Morgan fingerprint density at radius 2 is 2.47 bits per heavy atom. The van der Waals surface area contributed by atoms with Crippen LogP contribution in [0, 0.1) is 5.92 Å². The fraction of sp³-hybridized carbons (Fsp3) is 0.500. The van der Waals surface area contributed by atoms with Crippen LogP contribution in [0.25, 0.3) is 0 Å². The van der Waals surface area contributed by atoms with E-state index in [4.69, 9.17) is 16.3 Å². The van der Waals surface area contributed by atoms with Crippen molar-refractivity contribution < 1.29 is 4.74 Å². The number of pyridine rings is 1. The van der Waals surface area contributed by atoms with Gasteiger partial charge in [-0.3, -0.25) is 4.90 Å². The molecule has 1 fully saturated rings. The molecule has 1 aliphatic heterocycles. The second kappa shape index (κ2) is 7.27. The minimum atomic E-state index is 0.527. The molecule has 0 bridgehead atoms. The van der Waals surface area contributed by atoms with Crippen LogP contribution in [0.4, 0.5) is 0 Å². The molecule has 5 heteroatoms. The smallest absolute Gasteiger partial charge is 0.232 e. The highest BCUT2D eigenvalue weighted by molar-refractivity contribution is 9.11. The van der Waals surface area contributed by atoms with Crippen LogP contribution < -0.4 is 4.74 Å². The molecule has 1 aromatic rings. The lowest BCUT2D eigenvalue weighted by Crippen LogP contribution is -2.38. The molecule has 0 saturated carbocycles. The molecule has 1 aliphatic rings. The summed E-state index contributed by atoms with van der Waals surface area (Å²) in [5.74, 6) is 1.06. The summed E-state index contributed by atoms with van der Waals surface area (Å²) in [7, 11) is 0. The summed E-state index contributed by atoms with van der Waals surface area (Å²) in [6.45, 7) is 7.64. The Morgan fingerprint density at radius 3 is 3.21 bits per heavy atom. The molecule has 2 rings (SSSR count). The fourth-order valence-electron chi connectivity index (χ4n) is 2.35. The van der Waals surface area contributed by atoms with E-state index in [1.165, 1.54) is 12.8 Å². The molecular formula is C14H18BrClN2O. The van der Waals surface area contributed by atoms with Gasteiger partial charge in [0.25, 0.3) is 0 Å². The fourth-order valence-corrected chi connectivity index (χ4v) is 2.88. The number of rotatable bonds is 5. The van der Waals surface area contributed by atoms with Gasteiger partial charge in [0, 0.05) is 29.7 Å². The third-order valence-electron chi connectivity index (χ3n) is 3.18. The Labute approximate surface area is 127 Å². The topological polar surface area (TPSA) is 25.4 Å². The molecule has 1 atom stereocenters. The Bertz CT molecular complexity index is 441. The first kappa shape index (κ1) is 14.8. The van der Waals surface area contributed by atoms with Crippen LogP contribution in [0.2, 0.25) is 5.02 Å². The summed E-state index contributed by atoms with van der Waals surface area (Å²) in [4.78, 5) is 6.54. The number of hydrogen-bond acceptors (Lipinski definition) is 3. The number of piperidine rings is 1. The lowest BCUT2D eigenvalue weighted by atomic mass is 9.99. The highest BCUT2D eigenvalue weighted by Crippen LogP contribution is 2.23. The number of ether oxygens (including phenoxy) is 1. The minimum Gasteiger partial charge on any atom is -0.476 e. The molecule has 104 valence electrons. The van der Waals surface area contributed by atoms with Crippen molar-refractivity contribution in [2.24, 2.45) is 5.92 Å². The van der Waals surface area contributed by atoms with Gasteiger partial charge in [0.15, 0.2) is 0 Å². The first-order valence-corrected chi connectivity index (χ1v) is 7.61. The van der Waals surface area contributed by atoms with Crippen molar-refractivity contribution >= 4 is 27.5 Å². The van der Waals surface area contributed by atoms with Crippen LogP contribution >= 0.6 is 27.5 Å². The predicted molar refractivity (Wildman–Crippen MR) is 82.0 cm³/mol. The molecule has 0 aliphatic carbocycles. The van der Waals surface area contributed by atoms with Crippen LogP contribution in [0.1, 0.15) is 12.8 Å². The zero-order valence-corrected chi connectivity index (χ0v) is 13.2. The zero-order valence-electron chi connectivity index (χ0n) is 10.8. The maximum Gasteiger partial charge on any atom is 0.232 e. The summed E-state index contributed by atoms with van der Waals surface area (Å²) in [6.07, 6.45) is 4.09. The van der Waals surface area contributed by atoms with E-state index < -0.39 is 0 Å². The standard InChI is InChI=1S/C14H18BrClN2O/c1-11(15)8-18-7-3-4-12(9-18)10-19-14-13(16)5-2-6-17-14/h2,5-6,12H,1,3-4,7-10H2. The van der Waals surface area contributed by atoms with Crippen LogP contribution in [-0.4, -0.2) is 36.1 Å². The van der Waals surface area contributed by atoms with E-state index in [1.54, 1.807) is 18.3 Å². The number of hydrogen-bond donors (Lipinski definition) is 0. The SMILES string of the molecule is C=C(Br)CN1CCCC(COc2ncccc2Cl)C1. The van der Waals surface area contributed by atoms with Crippen molar-refractivity contribution in [3.05, 3.63) is 34.4 Å². The monoisotopic (exact) mass is 344 g/mol. The second-order valence-corrected chi connectivity index (χ2v) is 6.39. The quantitative estimate of drug-likeness (QED) is 0.813. The molecule has 1 unspecified atom stereocenters. The molecule has 0 amide bonds. The third kappa shape index (κ3) is 4.79. The summed E-state index contributed by atoms with van der Waals surface area (Å²) >= 11 is 9.44. The van der Waals surface area contributed by atoms with Crippen molar-refractivity contribution in [2.45, 2.75) is 12.8 Å². The van der Waals surface area contributed by atoms with Gasteiger partial charge in [-0.15, -0.1) is 0 Å².